The molecule has 3 heterocycles. The molecule has 1 aromatic carbocycles. The maximum atomic E-state index is 9.03. The van der Waals surface area contributed by atoms with Crippen LogP contribution in [0.2, 0.25) is 0 Å². The fourth-order valence-electron chi connectivity index (χ4n) is 3.08. The van der Waals surface area contributed by atoms with Gasteiger partial charge in [0.1, 0.15) is 11.2 Å². The number of benzene rings is 1. The van der Waals surface area contributed by atoms with Crippen molar-refractivity contribution in [2.45, 2.75) is 38.8 Å². The Bertz CT molecular complexity index is 1090. The third kappa shape index (κ3) is 3.49. The van der Waals surface area contributed by atoms with E-state index in [1.54, 1.807) is 12.1 Å². The van der Waals surface area contributed by atoms with Crippen LogP contribution in [0.15, 0.2) is 33.3 Å². The van der Waals surface area contributed by atoms with Gasteiger partial charge in [0.25, 0.3) is 6.01 Å². The van der Waals surface area contributed by atoms with Gasteiger partial charge in [-0.15, -0.1) is 0 Å². The van der Waals surface area contributed by atoms with Gasteiger partial charge in [-0.3, -0.25) is 4.57 Å². The summed E-state index contributed by atoms with van der Waals surface area (Å²) in [5, 5.41) is 9.03. The lowest BCUT2D eigenvalue weighted by molar-refractivity contribution is 0.142. The zero-order chi connectivity index (χ0) is 20.1. The number of nitrogens with zero attached hydrogens (tertiary/aromatic N) is 4. The van der Waals surface area contributed by atoms with Crippen LogP contribution in [0, 0.1) is 11.3 Å². The van der Waals surface area contributed by atoms with Crippen molar-refractivity contribution >= 4 is 42.9 Å². The Hall–Kier alpha value is -2.11. The van der Waals surface area contributed by atoms with E-state index in [-0.39, 0.29) is 11.5 Å². The van der Waals surface area contributed by atoms with Crippen LogP contribution in [-0.2, 0) is 12.0 Å². The first-order chi connectivity index (χ1) is 13.3. The van der Waals surface area contributed by atoms with Crippen molar-refractivity contribution in [2.24, 2.45) is 0 Å². The second-order valence-electron chi connectivity index (χ2n) is 7.73. The zero-order valence-corrected chi connectivity index (χ0v) is 18.8. The highest BCUT2D eigenvalue weighted by molar-refractivity contribution is 9.11. The quantitative estimate of drug-likeness (QED) is 0.470. The lowest BCUT2D eigenvalue weighted by Crippen LogP contribution is -2.24. The molecule has 4 rings (SSSR count). The molecule has 8 heteroatoms. The predicted octanol–water partition coefficient (Wildman–Crippen LogP) is 4.97. The summed E-state index contributed by atoms with van der Waals surface area (Å²) in [7, 11) is 0. The molecule has 0 fully saturated rings. The van der Waals surface area contributed by atoms with Crippen LogP contribution in [0.5, 0.6) is 11.8 Å². The summed E-state index contributed by atoms with van der Waals surface area (Å²) in [6.45, 7) is 7.36. The number of fused-ring (bicyclic) bond motifs is 3. The third-order valence-corrected chi connectivity index (χ3v) is 5.70. The summed E-state index contributed by atoms with van der Waals surface area (Å²) in [4.78, 5) is 9.10. The highest BCUT2D eigenvalue weighted by Gasteiger charge is 2.28. The Morgan fingerprint density at radius 3 is 2.75 bits per heavy atom. The number of nitriles is 1. The van der Waals surface area contributed by atoms with Crippen LogP contribution in [0.3, 0.4) is 0 Å². The van der Waals surface area contributed by atoms with Gasteiger partial charge in [-0.05, 0) is 56.1 Å². The normalized spacial score (nSPS) is 15.9. The number of aromatic nitrogens is 3. The molecule has 1 aliphatic heterocycles. The third-order valence-electron chi connectivity index (χ3n) is 4.57. The molecule has 0 amide bonds. The molecule has 0 aliphatic carbocycles. The van der Waals surface area contributed by atoms with Gasteiger partial charge in [-0.1, -0.05) is 20.8 Å². The van der Waals surface area contributed by atoms with Gasteiger partial charge in [0.15, 0.2) is 11.9 Å². The molecule has 28 heavy (non-hydrogen) atoms. The van der Waals surface area contributed by atoms with Gasteiger partial charge >= 0.3 is 0 Å². The zero-order valence-electron chi connectivity index (χ0n) is 15.7. The summed E-state index contributed by atoms with van der Waals surface area (Å²) in [6, 6.07) is 10.1. The van der Waals surface area contributed by atoms with Crippen molar-refractivity contribution < 1.29 is 9.47 Å². The van der Waals surface area contributed by atoms with Crippen molar-refractivity contribution in [2.75, 3.05) is 6.61 Å². The van der Waals surface area contributed by atoms with E-state index >= 15 is 0 Å². The first kappa shape index (κ1) is 19.2. The van der Waals surface area contributed by atoms with Crippen molar-refractivity contribution in [3.63, 3.8) is 0 Å². The Kier molecular flexibility index (Phi) is 4.84. The van der Waals surface area contributed by atoms with Crippen LogP contribution in [0.4, 0.5) is 0 Å². The fraction of sp³-hybridized carbons (Fsp3) is 0.350. The van der Waals surface area contributed by atoms with Crippen LogP contribution < -0.4 is 9.47 Å². The first-order valence-corrected chi connectivity index (χ1v) is 10.4. The number of halogens is 2. The van der Waals surface area contributed by atoms with E-state index in [9.17, 15) is 0 Å². The van der Waals surface area contributed by atoms with Crippen LogP contribution in [-0.4, -0.2) is 27.2 Å². The van der Waals surface area contributed by atoms with E-state index in [1.807, 2.05) is 16.7 Å². The van der Waals surface area contributed by atoms with Gasteiger partial charge in [0, 0.05) is 11.1 Å². The molecule has 0 radical (unpaired) electrons. The summed E-state index contributed by atoms with van der Waals surface area (Å²) in [5.74, 6) is 0.657. The number of ether oxygens (including phenoxy) is 2. The van der Waals surface area contributed by atoms with Crippen molar-refractivity contribution in [1.29, 1.82) is 5.26 Å². The number of hydrogen-bond donors (Lipinski definition) is 0. The van der Waals surface area contributed by atoms with Crippen LogP contribution in [0.1, 0.15) is 32.0 Å². The smallest absolute Gasteiger partial charge is 0.297 e. The summed E-state index contributed by atoms with van der Waals surface area (Å²) >= 11 is 7.10. The lowest BCUT2D eigenvalue weighted by atomic mass is 9.92. The molecule has 0 spiro atoms. The van der Waals surface area contributed by atoms with Gasteiger partial charge < -0.3 is 9.47 Å². The maximum Gasteiger partial charge on any atom is 0.297 e. The standard InChI is InChI=1S/C20H18Br2N4O2/c1-20(2,3)16-7-13(21)17(18(22)25-16)27-10-12-9-26-15-5-4-11(8-23)6-14(15)24-19(26)28-12/h4-7,12H,9-10H2,1-3H3/t12-/m0/s1. The average molecular weight is 506 g/mol. The van der Waals surface area contributed by atoms with Crippen LogP contribution in [0.25, 0.3) is 11.0 Å². The second kappa shape index (κ2) is 7.05. The number of imidazole rings is 1. The number of rotatable bonds is 3. The molecular formula is C20H18Br2N4O2. The summed E-state index contributed by atoms with van der Waals surface area (Å²) < 4.78 is 15.5. The molecule has 0 N–H and O–H groups in total. The first-order valence-electron chi connectivity index (χ1n) is 8.82. The van der Waals surface area contributed by atoms with E-state index < -0.39 is 0 Å². The molecule has 1 aliphatic rings. The molecule has 2 aromatic heterocycles. The highest BCUT2D eigenvalue weighted by atomic mass is 79.9. The van der Waals surface area contributed by atoms with E-state index in [4.69, 9.17) is 14.7 Å². The highest BCUT2D eigenvalue weighted by Crippen LogP contribution is 2.36. The van der Waals surface area contributed by atoms with Gasteiger partial charge in [0.2, 0.25) is 0 Å². The molecule has 0 bridgehead atoms. The lowest BCUT2D eigenvalue weighted by Gasteiger charge is -2.20. The average Bonchev–Trinajstić information content (AvgIpc) is 3.16. The molecular weight excluding hydrogens is 488 g/mol. The van der Waals surface area contributed by atoms with Gasteiger partial charge in [-0.25, -0.2) is 4.98 Å². The van der Waals surface area contributed by atoms with E-state index in [0.29, 0.717) is 35.1 Å². The molecule has 144 valence electrons. The van der Waals surface area contributed by atoms with Crippen molar-refractivity contribution in [3.8, 4) is 17.8 Å². The predicted molar refractivity (Wildman–Crippen MR) is 113 cm³/mol. The molecule has 3 aromatic rings. The SMILES string of the molecule is CC(C)(C)c1cc(Br)c(OC[C@@H]2Cn3c(nc4cc(C#N)ccc43)O2)c(Br)n1. The molecule has 6 nitrogen and oxygen atoms in total. The Morgan fingerprint density at radius 2 is 2.07 bits per heavy atom. The van der Waals surface area contributed by atoms with Crippen LogP contribution >= 0.6 is 31.9 Å². The van der Waals surface area contributed by atoms with Gasteiger partial charge in [-0.2, -0.15) is 10.2 Å². The molecule has 0 saturated heterocycles. The second-order valence-corrected chi connectivity index (χ2v) is 9.34. The van der Waals surface area contributed by atoms with E-state index in [2.05, 4.69) is 68.7 Å². The fourth-order valence-corrected chi connectivity index (χ4v) is 4.39. The Balaban J connectivity index is 1.49. The minimum absolute atomic E-state index is 0.0557. The van der Waals surface area contributed by atoms with Crippen molar-refractivity contribution in [3.05, 3.63) is 44.6 Å². The monoisotopic (exact) mass is 504 g/mol. The minimum Gasteiger partial charge on any atom is -0.486 e. The molecule has 0 saturated carbocycles. The number of hydrogen-bond acceptors (Lipinski definition) is 5. The Morgan fingerprint density at radius 1 is 1.29 bits per heavy atom. The van der Waals surface area contributed by atoms with Gasteiger partial charge in [0.05, 0.1) is 33.7 Å². The van der Waals surface area contributed by atoms with Crippen molar-refractivity contribution in [1.82, 2.24) is 14.5 Å². The maximum absolute atomic E-state index is 9.03. The topological polar surface area (TPSA) is 73.0 Å². The summed E-state index contributed by atoms with van der Waals surface area (Å²) in [5.41, 5.74) is 3.22. The molecule has 0 unspecified atom stereocenters. The molecule has 1 atom stereocenters. The largest absolute Gasteiger partial charge is 0.486 e. The minimum atomic E-state index is -0.149. The summed E-state index contributed by atoms with van der Waals surface area (Å²) in [6.07, 6.45) is -0.149. The van der Waals surface area contributed by atoms with E-state index in [0.717, 1.165) is 21.2 Å². The number of pyridine rings is 1. The van der Waals surface area contributed by atoms with E-state index in [1.165, 1.54) is 0 Å². The Labute approximate surface area is 179 Å².